The van der Waals surface area contributed by atoms with Gasteiger partial charge in [0.15, 0.2) is 0 Å². The second-order valence-electron chi connectivity index (χ2n) is 8.58. The van der Waals surface area contributed by atoms with Crippen LogP contribution in [0.5, 0.6) is 0 Å². The van der Waals surface area contributed by atoms with Gasteiger partial charge in [0, 0.05) is 0 Å². The maximum atomic E-state index is 13.3. The Bertz CT molecular complexity index is 1050. The smallest absolute Gasteiger partial charge is 0.245 e. The lowest BCUT2D eigenvalue weighted by Crippen LogP contribution is -2.46. The number of rotatable bonds is 5. The molecule has 0 spiro atoms. The van der Waals surface area contributed by atoms with Gasteiger partial charge in [0.1, 0.15) is 0 Å². The number of benzene rings is 1. The summed E-state index contributed by atoms with van der Waals surface area (Å²) in [5, 5.41) is 0. The van der Waals surface area contributed by atoms with Crippen molar-refractivity contribution in [2.24, 2.45) is 11.8 Å². The molecule has 5 heteroatoms. The van der Waals surface area contributed by atoms with Crippen molar-refractivity contribution in [3.8, 4) is 5.69 Å². The maximum absolute atomic E-state index is 13.3. The van der Waals surface area contributed by atoms with Crippen LogP contribution in [0.3, 0.4) is 0 Å². The molecule has 2 aliphatic heterocycles. The summed E-state index contributed by atoms with van der Waals surface area (Å²) in [7, 11) is 0. The number of hydrogen-bond acceptors (Lipinski definition) is 2. The lowest BCUT2D eigenvalue weighted by atomic mass is 9.73. The van der Waals surface area contributed by atoms with Gasteiger partial charge in [0.25, 0.3) is 0 Å². The summed E-state index contributed by atoms with van der Waals surface area (Å²) in [5.41, 5.74) is 2.73. The highest BCUT2D eigenvalue weighted by Crippen LogP contribution is 2.46. The predicted octanol–water partition coefficient (Wildman–Crippen LogP) is 4.25. The summed E-state index contributed by atoms with van der Waals surface area (Å²) in [6.45, 7) is 8.63. The van der Waals surface area contributed by atoms with Gasteiger partial charge in [-0.2, -0.15) is 0 Å². The summed E-state index contributed by atoms with van der Waals surface area (Å²) in [5.74, 6) is 0.867. The highest BCUT2D eigenvalue weighted by atomic mass is 16.2. The fourth-order valence-corrected chi connectivity index (χ4v) is 4.87. The molecule has 0 saturated carbocycles. The number of hydrogen-bond donors (Lipinski definition) is 0. The van der Waals surface area contributed by atoms with Crippen molar-refractivity contribution >= 4 is 0 Å². The van der Waals surface area contributed by atoms with Crippen LogP contribution in [-0.2, 0) is 0 Å². The van der Waals surface area contributed by atoms with Crippen molar-refractivity contribution in [3.63, 3.8) is 0 Å². The van der Waals surface area contributed by atoms with Gasteiger partial charge >= 0.3 is 11.4 Å². The molecule has 148 valence electrons. The molecule has 1 aliphatic carbocycles. The highest BCUT2D eigenvalue weighted by Gasteiger charge is 2.44. The number of aromatic nitrogens is 3. The number of para-hydroxylation sites is 1. The zero-order valence-electron chi connectivity index (χ0n) is 17.1. The zero-order chi connectivity index (χ0) is 20.0. The van der Waals surface area contributed by atoms with E-state index in [0.717, 1.165) is 19.3 Å². The maximum Gasteiger partial charge on any atom is 0.352 e. The van der Waals surface area contributed by atoms with E-state index in [1.54, 1.807) is 9.36 Å². The second kappa shape index (κ2) is 7.12. The lowest BCUT2D eigenvalue weighted by molar-refractivity contribution is 0.121. The van der Waals surface area contributed by atoms with E-state index in [2.05, 4.69) is 39.8 Å². The van der Waals surface area contributed by atoms with Crippen molar-refractivity contribution in [1.29, 1.82) is 0 Å². The summed E-state index contributed by atoms with van der Waals surface area (Å²) in [4.78, 5) is 26.4. The normalized spacial score (nSPS) is 23.9. The minimum Gasteiger partial charge on any atom is -0.245 e. The van der Waals surface area contributed by atoms with E-state index in [-0.39, 0.29) is 23.5 Å². The Morgan fingerprint density at radius 3 is 2.50 bits per heavy atom. The van der Waals surface area contributed by atoms with Crippen molar-refractivity contribution in [2.75, 3.05) is 0 Å². The zero-order valence-corrected chi connectivity index (χ0v) is 17.1. The van der Waals surface area contributed by atoms with Gasteiger partial charge in [0.05, 0.1) is 17.8 Å². The number of allylic oxidation sites excluding steroid dienone is 4. The molecule has 1 aromatic heterocycles. The third kappa shape index (κ3) is 2.93. The van der Waals surface area contributed by atoms with Crippen LogP contribution >= 0.6 is 0 Å². The summed E-state index contributed by atoms with van der Waals surface area (Å²) < 4.78 is 4.75. The lowest BCUT2D eigenvalue weighted by Gasteiger charge is -2.44. The molecular formula is C23H29N3O2. The van der Waals surface area contributed by atoms with Crippen molar-refractivity contribution in [3.05, 3.63) is 74.6 Å². The van der Waals surface area contributed by atoms with E-state index in [9.17, 15) is 9.59 Å². The average molecular weight is 380 g/mol. The fourth-order valence-electron chi connectivity index (χ4n) is 4.87. The molecule has 0 amide bonds. The number of fused-ring (bicyclic) bond motifs is 1. The molecule has 0 radical (unpaired) electrons. The van der Waals surface area contributed by atoms with Gasteiger partial charge < -0.3 is 0 Å². The van der Waals surface area contributed by atoms with E-state index in [0.29, 0.717) is 17.5 Å². The third-order valence-electron chi connectivity index (χ3n) is 6.40. The second-order valence-corrected chi connectivity index (χ2v) is 8.58. The first-order valence-corrected chi connectivity index (χ1v) is 10.2. The van der Waals surface area contributed by atoms with Gasteiger partial charge in [-0.1, -0.05) is 48.4 Å². The van der Waals surface area contributed by atoms with E-state index in [1.165, 1.54) is 15.7 Å². The summed E-state index contributed by atoms with van der Waals surface area (Å²) >= 11 is 0. The van der Waals surface area contributed by atoms with Gasteiger partial charge in [-0.05, 0) is 64.0 Å². The molecule has 4 atom stereocenters. The molecule has 1 aromatic carbocycles. The first-order valence-electron chi connectivity index (χ1n) is 10.2. The minimum atomic E-state index is -0.228. The van der Waals surface area contributed by atoms with E-state index in [4.69, 9.17) is 0 Å². The summed E-state index contributed by atoms with van der Waals surface area (Å²) in [6, 6.07) is 9.17. The Labute approximate surface area is 165 Å². The topological polar surface area (TPSA) is 48.9 Å². The molecule has 5 nitrogen and oxygen atoms in total. The molecule has 2 bridgehead atoms. The van der Waals surface area contributed by atoms with Crippen LogP contribution in [0.15, 0.2) is 63.2 Å². The Morgan fingerprint density at radius 1 is 1.14 bits per heavy atom. The largest absolute Gasteiger partial charge is 0.352 e. The van der Waals surface area contributed by atoms with Crippen LogP contribution in [0, 0.1) is 11.8 Å². The third-order valence-corrected chi connectivity index (χ3v) is 6.40. The SMILES string of the molecule is CC(C)=CCC[C@@H](C)[C@H]1C[C@H]2C(C)=C[C@@H]1n1c(=O)n(-c3ccccc3)c(=O)n12. The molecular weight excluding hydrogens is 350 g/mol. The first kappa shape index (κ1) is 18.8. The van der Waals surface area contributed by atoms with Crippen molar-refractivity contribution in [2.45, 2.75) is 59.0 Å². The molecule has 5 rings (SSSR count). The molecule has 0 saturated heterocycles. The fraction of sp³-hybridized carbons (Fsp3) is 0.478. The Hall–Kier alpha value is -2.56. The Kier molecular flexibility index (Phi) is 4.77. The van der Waals surface area contributed by atoms with Crippen LogP contribution in [0.4, 0.5) is 0 Å². The first-order chi connectivity index (χ1) is 13.4. The van der Waals surface area contributed by atoms with Crippen LogP contribution < -0.4 is 11.4 Å². The minimum absolute atomic E-state index is 0.0222. The van der Waals surface area contributed by atoms with E-state index < -0.39 is 0 Å². The van der Waals surface area contributed by atoms with Crippen molar-refractivity contribution < 1.29 is 0 Å². The van der Waals surface area contributed by atoms with E-state index in [1.807, 2.05) is 30.3 Å². The van der Waals surface area contributed by atoms with Gasteiger partial charge in [-0.15, -0.1) is 0 Å². The molecule has 0 unspecified atom stereocenters. The predicted molar refractivity (Wildman–Crippen MR) is 112 cm³/mol. The molecule has 28 heavy (non-hydrogen) atoms. The van der Waals surface area contributed by atoms with Crippen LogP contribution in [-0.4, -0.2) is 13.9 Å². The molecule has 3 aliphatic rings. The van der Waals surface area contributed by atoms with Gasteiger partial charge in [-0.3, -0.25) is 0 Å². The Morgan fingerprint density at radius 2 is 1.82 bits per heavy atom. The standard InChI is InChI=1S/C23H29N3O2/c1-15(2)9-8-10-16(3)19-14-20-17(4)13-21(19)26-23(28)24(22(27)25(20)26)18-11-6-5-7-12-18/h5-7,9,11-13,16,19-21H,8,10,14H2,1-4H3/t16-,19-,20+,21+/m1/s1. The van der Waals surface area contributed by atoms with Crippen molar-refractivity contribution in [1.82, 2.24) is 13.9 Å². The highest BCUT2D eigenvalue weighted by molar-refractivity contribution is 5.31. The van der Waals surface area contributed by atoms with Crippen LogP contribution in [0.2, 0.25) is 0 Å². The van der Waals surface area contributed by atoms with Gasteiger partial charge in [-0.25, -0.2) is 23.5 Å². The van der Waals surface area contributed by atoms with Crippen LogP contribution in [0.1, 0.15) is 59.0 Å². The number of nitrogens with zero attached hydrogens (tertiary/aromatic N) is 3. The van der Waals surface area contributed by atoms with Gasteiger partial charge in [0.2, 0.25) is 0 Å². The molecule has 0 N–H and O–H groups in total. The molecule has 0 fully saturated rings. The average Bonchev–Trinajstić information content (AvgIpc) is 2.94. The summed E-state index contributed by atoms with van der Waals surface area (Å²) in [6.07, 6.45) is 7.59. The molecule has 2 aromatic rings. The van der Waals surface area contributed by atoms with Crippen LogP contribution in [0.25, 0.3) is 5.69 Å². The monoisotopic (exact) mass is 379 g/mol. The quantitative estimate of drug-likeness (QED) is 0.730. The van der Waals surface area contributed by atoms with E-state index >= 15 is 0 Å². The Balaban J connectivity index is 1.75. The molecule has 3 heterocycles.